The fourth-order valence-corrected chi connectivity index (χ4v) is 1.66. The molecule has 15 heavy (non-hydrogen) atoms. The molecule has 0 aliphatic rings. The molecule has 2 unspecified atom stereocenters. The molecule has 1 aromatic rings. The highest BCUT2D eigenvalue weighted by Crippen LogP contribution is 2.09. The number of nitrogens with one attached hydrogen (secondary N) is 1. The molecule has 0 spiro atoms. The Morgan fingerprint density at radius 1 is 1.33 bits per heavy atom. The predicted molar refractivity (Wildman–Crippen MR) is 62.9 cm³/mol. The number of nitrogens with zero attached hydrogens (tertiary/aromatic N) is 2. The minimum absolute atomic E-state index is 0.205. The van der Waals surface area contributed by atoms with Crippen molar-refractivity contribution in [3.8, 4) is 0 Å². The second-order valence-corrected chi connectivity index (χ2v) is 4.20. The predicted octanol–water partition coefficient (Wildman–Crippen LogP) is 1.63. The SMILES string of the molecule is Cc1cc(NC(C)CC(C)N)nc(C)n1. The van der Waals surface area contributed by atoms with Crippen molar-refractivity contribution in [3.05, 3.63) is 17.6 Å². The summed E-state index contributed by atoms with van der Waals surface area (Å²) < 4.78 is 0. The van der Waals surface area contributed by atoms with Crippen LogP contribution < -0.4 is 11.1 Å². The van der Waals surface area contributed by atoms with Gasteiger partial charge in [0.1, 0.15) is 11.6 Å². The molecule has 0 saturated heterocycles. The molecule has 0 radical (unpaired) electrons. The summed E-state index contributed by atoms with van der Waals surface area (Å²) >= 11 is 0. The van der Waals surface area contributed by atoms with E-state index in [1.54, 1.807) is 0 Å². The molecule has 1 rings (SSSR count). The summed E-state index contributed by atoms with van der Waals surface area (Å²) in [7, 11) is 0. The average molecular weight is 208 g/mol. The quantitative estimate of drug-likeness (QED) is 0.789. The summed E-state index contributed by atoms with van der Waals surface area (Å²) in [5.74, 6) is 1.68. The molecule has 4 nitrogen and oxygen atoms in total. The van der Waals surface area contributed by atoms with Gasteiger partial charge in [0.25, 0.3) is 0 Å². The van der Waals surface area contributed by atoms with E-state index in [0.29, 0.717) is 6.04 Å². The fourth-order valence-electron chi connectivity index (χ4n) is 1.66. The van der Waals surface area contributed by atoms with Gasteiger partial charge >= 0.3 is 0 Å². The standard InChI is InChI=1S/C11H20N4/c1-7(12)5-8(2)14-11-6-9(3)13-10(4)15-11/h6-8H,5,12H2,1-4H3,(H,13,14,15). The number of rotatable bonds is 4. The molecule has 0 fully saturated rings. The minimum Gasteiger partial charge on any atom is -0.367 e. The molecule has 0 aliphatic carbocycles. The van der Waals surface area contributed by atoms with E-state index < -0.39 is 0 Å². The third-order valence-electron chi connectivity index (χ3n) is 2.09. The van der Waals surface area contributed by atoms with Crippen LogP contribution >= 0.6 is 0 Å². The van der Waals surface area contributed by atoms with Crippen LogP contribution in [0.1, 0.15) is 31.8 Å². The van der Waals surface area contributed by atoms with Crippen LogP contribution in [-0.2, 0) is 0 Å². The highest BCUT2D eigenvalue weighted by molar-refractivity contribution is 5.36. The molecule has 0 bridgehead atoms. The first-order chi connectivity index (χ1) is 6.97. The Labute approximate surface area is 91.3 Å². The lowest BCUT2D eigenvalue weighted by Gasteiger charge is -2.16. The summed E-state index contributed by atoms with van der Waals surface area (Å²) in [6.45, 7) is 7.98. The molecule has 3 N–H and O–H groups in total. The van der Waals surface area contributed by atoms with Crippen LogP contribution in [0, 0.1) is 13.8 Å². The lowest BCUT2D eigenvalue weighted by Crippen LogP contribution is -2.26. The van der Waals surface area contributed by atoms with E-state index in [0.717, 1.165) is 23.8 Å². The normalized spacial score (nSPS) is 14.7. The number of hydrogen-bond donors (Lipinski definition) is 2. The first-order valence-electron chi connectivity index (χ1n) is 5.31. The van der Waals surface area contributed by atoms with Gasteiger partial charge in [0.05, 0.1) is 0 Å². The summed E-state index contributed by atoms with van der Waals surface area (Å²) in [6, 6.07) is 2.49. The van der Waals surface area contributed by atoms with Crippen molar-refractivity contribution >= 4 is 5.82 Å². The van der Waals surface area contributed by atoms with Crippen molar-refractivity contribution in [3.63, 3.8) is 0 Å². The maximum atomic E-state index is 5.73. The smallest absolute Gasteiger partial charge is 0.130 e. The highest BCUT2D eigenvalue weighted by Gasteiger charge is 2.06. The molecule has 84 valence electrons. The first-order valence-corrected chi connectivity index (χ1v) is 5.31. The molecule has 0 amide bonds. The van der Waals surface area contributed by atoms with Gasteiger partial charge in [-0.25, -0.2) is 9.97 Å². The van der Waals surface area contributed by atoms with Crippen LogP contribution in [0.25, 0.3) is 0 Å². The van der Waals surface area contributed by atoms with Crippen LogP contribution in [-0.4, -0.2) is 22.1 Å². The van der Waals surface area contributed by atoms with Gasteiger partial charge in [-0.2, -0.15) is 0 Å². The molecule has 1 heterocycles. The molecule has 2 atom stereocenters. The van der Waals surface area contributed by atoms with Gasteiger partial charge in [-0.1, -0.05) is 0 Å². The summed E-state index contributed by atoms with van der Waals surface area (Å²) in [5, 5.41) is 3.32. The van der Waals surface area contributed by atoms with E-state index in [-0.39, 0.29) is 6.04 Å². The lowest BCUT2D eigenvalue weighted by atomic mass is 10.1. The van der Waals surface area contributed by atoms with Gasteiger partial charge < -0.3 is 11.1 Å². The van der Waals surface area contributed by atoms with Gasteiger partial charge in [0.15, 0.2) is 0 Å². The van der Waals surface area contributed by atoms with E-state index in [4.69, 9.17) is 5.73 Å². The van der Waals surface area contributed by atoms with Gasteiger partial charge in [-0.3, -0.25) is 0 Å². The van der Waals surface area contributed by atoms with Crippen LogP contribution in [0.3, 0.4) is 0 Å². The van der Waals surface area contributed by atoms with Crippen molar-refractivity contribution in [2.75, 3.05) is 5.32 Å². The first kappa shape index (κ1) is 11.9. The second-order valence-electron chi connectivity index (χ2n) is 4.20. The maximum Gasteiger partial charge on any atom is 0.130 e. The maximum absolute atomic E-state index is 5.73. The minimum atomic E-state index is 0.205. The zero-order chi connectivity index (χ0) is 11.4. The van der Waals surface area contributed by atoms with Gasteiger partial charge in [-0.15, -0.1) is 0 Å². The van der Waals surface area contributed by atoms with Crippen LogP contribution in [0.15, 0.2) is 6.07 Å². The van der Waals surface area contributed by atoms with Gasteiger partial charge in [0, 0.05) is 23.8 Å². The van der Waals surface area contributed by atoms with Crippen molar-refractivity contribution < 1.29 is 0 Å². The van der Waals surface area contributed by atoms with Crippen molar-refractivity contribution in [2.24, 2.45) is 5.73 Å². The number of aromatic nitrogens is 2. The Bertz CT molecular complexity index is 302. The molecule has 4 heteroatoms. The molecule has 0 aromatic carbocycles. The third kappa shape index (κ3) is 4.25. The summed E-state index contributed by atoms with van der Waals surface area (Å²) in [6.07, 6.45) is 0.933. The zero-order valence-electron chi connectivity index (χ0n) is 9.91. The Morgan fingerprint density at radius 3 is 2.53 bits per heavy atom. The largest absolute Gasteiger partial charge is 0.367 e. The molecular formula is C11H20N4. The Balaban J connectivity index is 2.63. The number of nitrogens with two attached hydrogens (primary N) is 1. The van der Waals surface area contributed by atoms with Crippen molar-refractivity contribution in [1.82, 2.24) is 9.97 Å². The van der Waals surface area contributed by atoms with E-state index in [9.17, 15) is 0 Å². The van der Waals surface area contributed by atoms with E-state index >= 15 is 0 Å². The molecular weight excluding hydrogens is 188 g/mol. The summed E-state index contributed by atoms with van der Waals surface area (Å²) in [5.41, 5.74) is 6.72. The lowest BCUT2D eigenvalue weighted by molar-refractivity contribution is 0.603. The molecule has 1 aromatic heterocycles. The summed E-state index contributed by atoms with van der Waals surface area (Å²) in [4.78, 5) is 8.54. The van der Waals surface area contributed by atoms with Gasteiger partial charge in [0.2, 0.25) is 0 Å². The molecule has 0 aliphatic heterocycles. The van der Waals surface area contributed by atoms with Crippen LogP contribution in [0.4, 0.5) is 5.82 Å². The van der Waals surface area contributed by atoms with E-state index in [1.807, 2.05) is 26.8 Å². The number of anilines is 1. The highest BCUT2D eigenvalue weighted by atomic mass is 15.0. The van der Waals surface area contributed by atoms with Crippen molar-refractivity contribution in [2.45, 2.75) is 46.2 Å². The number of aryl methyl sites for hydroxylation is 2. The van der Waals surface area contributed by atoms with Crippen LogP contribution in [0.2, 0.25) is 0 Å². The zero-order valence-corrected chi connectivity index (χ0v) is 9.91. The van der Waals surface area contributed by atoms with Crippen LogP contribution in [0.5, 0.6) is 0 Å². The van der Waals surface area contributed by atoms with Crippen molar-refractivity contribution in [1.29, 1.82) is 0 Å². The monoisotopic (exact) mass is 208 g/mol. The van der Waals surface area contributed by atoms with E-state index in [2.05, 4.69) is 22.2 Å². The van der Waals surface area contributed by atoms with Gasteiger partial charge in [-0.05, 0) is 34.1 Å². The Hall–Kier alpha value is -1.16. The second kappa shape index (κ2) is 5.07. The topological polar surface area (TPSA) is 63.8 Å². The van der Waals surface area contributed by atoms with E-state index in [1.165, 1.54) is 0 Å². The molecule has 0 saturated carbocycles. The fraction of sp³-hybridized carbons (Fsp3) is 0.636. The number of hydrogen-bond acceptors (Lipinski definition) is 4. The Morgan fingerprint density at radius 2 is 2.00 bits per heavy atom. The third-order valence-corrected chi connectivity index (χ3v) is 2.09. The average Bonchev–Trinajstić information content (AvgIpc) is 1.98. The Kier molecular flexibility index (Phi) is 4.03.